The summed E-state index contributed by atoms with van der Waals surface area (Å²) in [7, 11) is 3.30. The number of carbonyl (C=O) groups excluding carboxylic acids is 1. The smallest absolute Gasteiger partial charge is 0.324 e. The van der Waals surface area contributed by atoms with E-state index in [-0.39, 0.29) is 23.5 Å². The molecule has 0 saturated carbocycles. The fourth-order valence-electron chi connectivity index (χ4n) is 4.32. The molecule has 3 heterocycles. The van der Waals surface area contributed by atoms with E-state index < -0.39 is 29.5 Å². The zero-order chi connectivity index (χ0) is 27.4. The van der Waals surface area contributed by atoms with E-state index in [0.717, 1.165) is 12.1 Å². The Morgan fingerprint density at radius 2 is 1.62 bits per heavy atom. The maximum atomic E-state index is 15.3. The van der Waals surface area contributed by atoms with E-state index in [1.165, 1.54) is 35.3 Å². The first-order valence-electron chi connectivity index (χ1n) is 12.1. The number of hydrogen-bond donors (Lipinski definition) is 1. The second kappa shape index (κ2) is 11.3. The Kier molecular flexibility index (Phi) is 8.42. The number of aryl methyl sites for hydroxylation is 1. The van der Waals surface area contributed by atoms with Crippen molar-refractivity contribution in [3.8, 4) is 11.1 Å². The van der Waals surface area contributed by atoms with E-state index in [2.05, 4.69) is 9.97 Å². The van der Waals surface area contributed by atoms with Gasteiger partial charge < -0.3 is 15.2 Å². The van der Waals surface area contributed by atoms with E-state index in [1.807, 2.05) is 27.7 Å². The van der Waals surface area contributed by atoms with Crippen LogP contribution in [0.3, 0.4) is 0 Å². The van der Waals surface area contributed by atoms with Gasteiger partial charge >= 0.3 is 6.03 Å². The van der Waals surface area contributed by atoms with Crippen molar-refractivity contribution in [1.29, 1.82) is 0 Å². The maximum absolute atomic E-state index is 15.3. The standard InChI is InChI=1S/C23H19F3N6O.2C2H6/c1-30-9-16(20-21(27)28-11-29-22(20)30)14-6-4-13(8-18(14)26)32-10-19(31(2)23(32)33)15-5-3-12(24)7-17(15)25;2*1-2/h3-9,11,19H,10H2,1-2H3,(H2,27,28,29);2*1-2H3. The predicted molar refractivity (Wildman–Crippen MR) is 141 cm³/mol. The number of carbonyl (C=O) groups is 1. The third-order valence-corrected chi connectivity index (χ3v) is 6.01. The Hall–Kier alpha value is -4.08. The normalized spacial score (nSPS) is 14.8. The highest BCUT2D eigenvalue weighted by atomic mass is 19.1. The number of amides is 2. The van der Waals surface area contributed by atoms with Gasteiger partial charge in [-0.1, -0.05) is 33.8 Å². The first-order chi connectivity index (χ1) is 17.8. The van der Waals surface area contributed by atoms with Crippen molar-refractivity contribution in [2.24, 2.45) is 7.05 Å². The fourth-order valence-corrected chi connectivity index (χ4v) is 4.32. The lowest BCUT2D eigenvalue weighted by Gasteiger charge is -2.18. The van der Waals surface area contributed by atoms with Crippen LogP contribution in [0, 0.1) is 17.5 Å². The number of urea groups is 1. The summed E-state index contributed by atoms with van der Waals surface area (Å²) < 4.78 is 44.6. The van der Waals surface area contributed by atoms with Crippen LogP contribution in [0.15, 0.2) is 48.9 Å². The zero-order valence-electron chi connectivity index (χ0n) is 21.8. The molecule has 0 bridgehead atoms. The second-order valence-corrected chi connectivity index (χ2v) is 7.96. The Morgan fingerprint density at radius 1 is 0.919 bits per heavy atom. The molecule has 1 atom stereocenters. The summed E-state index contributed by atoms with van der Waals surface area (Å²) in [5.74, 6) is -1.76. The molecule has 0 spiro atoms. The number of nitrogens with zero attached hydrogens (tertiary/aromatic N) is 5. The van der Waals surface area contributed by atoms with Crippen LogP contribution in [-0.2, 0) is 7.05 Å². The monoisotopic (exact) mass is 512 g/mol. The third-order valence-electron chi connectivity index (χ3n) is 6.01. The fraction of sp³-hybridized carbons (Fsp3) is 0.296. The number of nitrogens with two attached hydrogens (primary N) is 1. The minimum absolute atomic E-state index is 0.0890. The quantitative estimate of drug-likeness (QED) is 0.349. The van der Waals surface area contributed by atoms with Gasteiger partial charge in [-0.05, 0) is 24.3 Å². The summed E-state index contributed by atoms with van der Waals surface area (Å²) in [4.78, 5) is 23.8. The molecular formula is C27H31F3N6O. The molecule has 1 fully saturated rings. The lowest BCUT2D eigenvalue weighted by Crippen LogP contribution is -2.29. The highest BCUT2D eigenvalue weighted by molar-refractivity contribution is 6.01. The molecule has 37 heavy (non-hydrogen) atoms. The number of aromatic nitrogens is 3. The molecule has 2 amide bonds. The van der Waals surface area contributed by atoms with Crippen molar-refractivity contribution in [3.63, 3.8) is 0 Å². The van der Waals surface area contributed by atoms with Crippen LogP contribution in [0.1, 0.15) is 39.3 Å². The average Bonchev–Trinajstić information content (AvgIpc) is 3.39. The topological polar surface area (TPSA) is 80.3 Å². The average molecular weight is 513 g/mol. The van der Waals surface area contributed by atoms with Crippen molar-refractivity contribution in [2.45, 2.75) is 33.7 Å². The molecule has 1 aliphatic rings. The SMILES string of the molecule is CC.CC.CN1C(=O)N(c2ccc(-c3cn(C)c4ncnc(N)c34)c(F)c2)CC1c1ccc(F)cc1F. The van der Waals surface area contributed by atoms with Gasteiger partial charge in [-0.3, -0.25) is 4.90 Å². The second-order valence-electron chi connectivity index (χ2n) is 7.96. The predicted octanol–water partition coefficient (Wildman–Crippen LogP) is 6.30. The Morgan fingerprint density at radius 3 is 2.27 bits per heavy atom. The van der Waals surface area contributed by atoms with Crippen molar-refractivity contribution in [2.75, 3.05) is 24.2 Å². The van der Waals surface area contributed by atoms with E-state index in [0.29, 0.717) is 22.3 Å². The van der Waals surface area contributed by atoms with Crippen LogP contribution in [-0.4, -0.2) is 39.1 Å². The van der Waals surface area contributed by atoms with Gasteiger partial charge in [-0.15, -0.1) is 0 Å². The van der Waals surface area contributed by atoms with Gasteiger partial charge in [-0.25, -0.2) is 27.9 Å². The number of benzene rings is 2. The minimum atomic E-state index is -0.737. The van der Waals surface area contributed by atoms with Crippen LogP contribution in [0.25, 0.3) is 22.2 Å². The molecule has 7 nitrogen and oxygen atoms in total. The number of fused-ring (bicyclic) bond motifs is 1. The van der Waals surface area contributed by atoms with Crippen molar-refractivity contribution >= 4 is 28.6 Å². The van der Waals surface area contributed by atoms with Gasteiger partial charge in [0.25, 0.3) is 0 Å². The Labute approximate surface area is 214 Å². The summed E-state index contributed by atoms with van der Waals surface area (Å²) in [5.41, 5.74) is 7.92. The number of likely N-dealkylation sites (N-methyl/N-ethyl adjacent to an activating group) is 1. The highest BCUT2D eigenvalue weighted by Gasteiger charge is 2.38. The number of anilines is 2. The summed E-state index contributed by atoms with van der Waals surface area (Å²) >= 11 is 0. The molecule has 1 unspecified atom stereocenters. The van der Waals surface area contributed by atoms with Crippen molar-refractivity contribution < 1.29 is 18.0 Å². The van der Waals surface area contributed by atoms with Gasteiger partial charge in [0, 0.05) is 48.7 Å². The molecule has 0 radical (unpaired) electrons. The summed E-state index contributed by atoms with van der Waals surface area (Å²) in [5, 5.41) is 0.537. The van der Waals surface area contributed by atoms with E-state index in [4.69, 9.17) is 5.73 Å². The molecule has 5 rings (SSSR count). The van der Waals surface area contributed by atoms with Gasteiger partial charge in [0.2, 0.25) is 0 Å². The van der Waals surface area contributed by atoms with Crippen LogP contribution in [0.4, 0.5) is 29.5 Å². The van der Waals surface area contributed by atoms with E-state index in [1.54, 1.807) is 29.9 Å². The third kappa shape index (κ3) is 4.96. The largest absolute Gasteiger partial charge is 0.383 e. The number of rotatable bonds is 3. The van der Waals surface area contributed by atoms with Gasteiger partial charge in [-0.2, -0.15) is 0 Å². The van der Waals surface area contributed by atoms with Gasteiger partial charge in [0.15, 0.2) is 0 Å². The van der Waals surface area contributed by atoms with Gasteiger partial charge in [0.05, 0.1) is 18.0 Å². The van der Waals surface area contributed by atoms with Crippen molar-refractivity contribution in [3.05, 3.63) is 71.9 Å². The van der Waals surface area contributed by atoms with Crippen LogP contribution in [0.2, 0.25) is 0 Å². The van der Waals surface area contributed by atoms with Gasteiger partial charge in [0.1, 0.15) is 35.2 Å². The highest BCUT2D eigenvalue weighted by Crippen LogP contribution is 2.37. The van der Waals surface area contributed by atoms with Crippen molar-refractivity contribution in [1.82, 2.24) is 19.4 Å². The first kappa shape index (κ1) is 27.5. The molecule has 2 aromatic heterocycles. The zero-order valence-corrected chi connectivity index (χ0v) is 21.8. The number of halogens is 3. The Balaban J connectivity index is 0.000000907. The molecule has 0 aliphatic carbocycles. The molecule has 2 aromatic carbocycles. The minimum Gasteiger partial charge on any atom is -0.383 e. The summed E-state index contributed by atoms with van der Waals surface area (Å²) in [6.07, 6.45) is 3.06. The van der Waals surface area contributed by atoms with Crippen LogP contribution < -0.4 is 10.6 Å². The molecule has 4 aromatic rings. The number of nitrogen functional groups attached to an aromatic ring is 1. The van der Waals surface area contributed by atoms with Crippen LogP contribution >= 0.6 is 0 Å². The molecule has 196 valence electrons. The summed E-state index contributed by atoms with van der Waals surface area (Å²) in [6, 6.07) is 6.62. The molecule has 2 N–H and O–H groups in total. The van der Waals surface area contributed by atoms with Crippen LogP contribution in [0.5, 0.6) is 0 Å². The lowest BCUT2D eigenvalue weighted by atomic mass is 10.0. The molecule has 10 heteroatoms. The number of hydrogen-bond acceptors (Lipinski definition) is 4. The molecular weight excluding hydrogens is 481 g/mol. The van der Waals surface area contributed by atoms with E-state index >= 15 is 4.39 Å². The van der Waals surface area contributed by atoms with E-state index in [9.17, 15) is 13.6 Å². The lowest BCUT2D eigenvalue weighted by molar-refractivity contribution is 0.218. The molecule has 1 aliphatic heterocycles. The molecule has 1 saturated heterocycles. The Bertz CT molecular complexity index is 1420. The maximum Gasteiger partial charge on any atom is 0.324 e. The summed E-state index contributed by atoms with van der Waals surface area (Å²) in [6.45, 7) is 8.09. The first-order valence-corrected chi connectivity index (χ1v) is 12.1.